The zero-order chi connectivity index (χ0) is 15.3. The maximum atomic E-state index is 12.1. The molecule has 5 nitrogen and oxygen atoms in total. The molecule has 0 heterocycles. The van der Waals surface area contributed by atoms with Gasteiger partial charge in [-0.2, -0.15) is 13.2 Å². The van der Waals surface area contributed by atoms with Crippen molar-refractivity contribution >= 4 is 17.6 Å². The highest BCUT2D eigenvalue weighted by Crippen LogP contribution is 2.25. The van der Waals surface area contributed by atoms with Crippen molar-refractivity contribution in [2.75, 3.05) is 19.0 Å². The molecule has 110 valence electrons. The van der Waals surface area contributed by atoms with Gasteiger partial charge in [-0.05, 0) is 25.1 Å². The Morgan fingerprint density at radius 2 is 1.95 bits per heavy atom. The normalized spacial score (nSPS) is 10.8. The average molecular weight is 291 g/mol. The van der Waals surface area contributed by atoms with Crippen LogP contribution in [0.4, 0.5) is 18.9 Å². The monoisotopic (exact) mass is 291 g/mol. The smallest absolute Gasteiger partial charge is 0.471 e. The molecule has 20 heavy (non-hydrogen) atoms. The Labute approximate surface area is 112 Å². The number of ether oxygens (including phenoxy) is 2. The molecule has 0 aromatic heterocycles. The Morgan fingerprint density at radius 3 is 2.45 bits per heavy atom. The van der Waals surface area contributed by atoms with Gasteiger partial charge in [0.05, 0.1) is 13.7 Å². The van der Waals surface area contributed by atoms with Gasteiger partial charge in [0.25, 0.3) is 0 Å². The van der Waals surface area contributed by atoms with Crippen LogP contribution in [-0.2, 0) is 9.53 Å². The Kier molecular flexibility index (Phi) is 4.95. The Morgan fingerprint density at radius 1 is 1.30 bits per heavy atom. The molecule has 1 aromatic carbocycles. The zero-order valence-corrected chi connectivity index (χ0v) is 10.7. The minimum atomic E-state index is -5.01. The molecule has 0 bridgehead atoms. The summed E-state index contributed by atoms with van der Waals surface area (Å²) in [4.78, 5) is 22.4. The predicted molar refractivity (Wildman–Crippen MR) is 63.6 cm³/mol. The standard InChI is InChI=1S/C12H12F3NO4/c1-3-20-10(17)8-6-7(4-5-9(8)19-2)16-11(18)12(13,14)15/h4-6H,3H2,1-2H3,(H,16,18). The van der Waals surface area contributed by atoms with Gasteiger partial charge in [-0.3, -0.25) is 4.79 Å². The van der Waals surface area contributed by atoms with Crippen LogP contribution in [0, 0.1) is 0 Å². The summed E-state index contributed by atoms with van der Waals surface area (Å²) in [5.41, 5.74) is -0.259. The molecule has 1 amide bonds. The number of alkyl halides is 3. The minimum absolute atomic E-state index is 0.0747. The zero-order valence-electron chi connectivity index (χ0n) is 10.7. The van der Waals surface area contributed by atoms with E-state index in [1.165, 1.54) is 19.2 Å². The van der Waals surface area contributed by atoms with Crippen molar-refractivity contribution in [3.05, 3.63) is 23.8 Å². The fraction of sp³-hybridized carbons (Fsp3) is 0.333. The average Bonchev–Trinajstić information content (AvgIpc) is 2.37. The lowest BCUT2D eigenvalue weighted by molar-refractivity contribution is -0.167. The molecule has 0 saturated heterocycles. The molecule has 0 aliphatic rings. The van der Waals surface area contributed by atoms with Gasteiger partial charge in [0, 0.05) is 5.69 Å². The van der Waals surface area contributed by atoms with Gasteiger partial charge in [0.15, 0.2) is 0 Å². The molecular weight excluding hydrogens is 279 g/mol. The van der Waals surface area contributed by atoms with E-state index in [2.05, 4.69) is 0 Å². The van der Waals surface area contributed by atoms with Crippen LogP contribution in [0.15, 0.2) is 18.2 Å². The number of amides is 1. The van der Waals surface area contributed by atoms with Crippen LogP contribution >= 0.6 is 0 Å². The number of halogens is 3. The highest BCUT2D eigenvalue weighted by atomic mass is 19.4. The third-order valence-electron chi connectivity index (χ3n) is 2.21. The summed E-state index contributed by atoms with van der Waals surface area (Å²) in [6.45, 7) is 1.68. The molecule has 0 unspecified atom stereocenters. The fourth-order valence-corrected chi connectivity index (χ4v) is 1.36. The maximum Gasteiger partial charge on any atom is 0.471 e. The Hall–Kier alpha value is -2.25. The molecule has 0 fully saturated rings. The lowest BCUT2D eigenvalue weighted by Gasteiger charge is -2.11. The number of hydrogen-bond donors (Lipinski definition) is 1. The number of benzene rings is 1. The largest absolute Gasteiger partial charge is 0.496 e. The minimum Gasteiger partial charge on any atom is -0.496 e. The van der Waals surface area contributed by atoms with Crippen LogP contribution in [-0.4, -0.2) is 31.8 Å². The number of hydrogen-bond acceptors (Lipinski definition) is 4. The van der Waals surface area contributed by atoms with Crippen molar-refractivity contribution in [3.63, 3.8) is 0 Å². The summed E-state index contributed by atoms with van der Waals surface area (Å²) in [7, 11) is 1.30. The first-order valence-electron chi connectivity index (χ1n) is 5.53. The molecule has 0 aliphatic carbocycles. The predicted octanol–water partition coefficient (Wildman–Crippen LogP) is 2.37. The third-order valence-corrected chi connectivity index (χ3v) is 2.21. The van der Waals surface area contributed by atoms with Gasteiger partial charge in [0.1, 0.15) is 11.3 Å². The van der Waals surface area contributed by atoms with Gasteiger partial charge in [-0.15, -0.1) is 0 Å². The SMILES string of the molecule is CCOC(=O)c1cc(NC(=O)C(F)(F)F)ccc1OC. The van der Waals surface area contributed by atoms with Gasteiger partial charge in [0.2, 0.25) is 0 Å². The van der Waals surface area contributed by atoms with Crippen molar-refractivity contribution in [2.24, 2.45) is 0 Å². The molecule has 1 rings (SSSR count). The first kappa shape index (κ1) is 15.8. The summed E-state index contributed by atoms with van der Waals surface area (Å²) >= 11 is 0. The highest BCUT2D eigenvalue weighted by molar-refractivity contribution is 5.98. The molecule has 0 saturated carbocycles. The number of carbonyl (C=O) groups is 2. The summed E-state index contributed by atoms with van der Waals surface area (Å²) in [5, 5.41) is 1.64. The van der Waals surface area contributed by atoms with Gasteiger partial charge in [-0.1, -0.05) is 0 Å². The van der Waals surface area contributed by atoms with E-state index in [1.807, 2.05) is 0 Å². The second kappa shape index (κ2) is 6.27. The Balaban J connectivity index is 3.04. The first-order chi connectivity index (χ1) is 9.29. The second-order valence-electron chi connectivity index (χ2n) is 3.59. The van der Waals surface area contributed by atoms with Crippen molar-refractivity contribution in [2.45, 2.75) is 13.1 Å². The van der Waals surface area contributed by atoms with Crippen LogP contribution in [0.25, 0.3) is 0 Å². The number of carbonyl (C=O) groups excluding carboxylic acids is 2. The highest BCUT2D eigenvalue weighted by Gasteiger charge is 2.38. The quantitative estimate of drug-likeness (QED) is 0.865. The van der Waals surface area contributed by atoms with E-state index in [0.29, 0.717) is 0 Å². The summed E-state index contributed by atoms with van der Waals surface area (Å²) in [6, 6.07) is 3.50. The topological polar surface area (TPSA) is 64.6 Å². The molecule has 0 spiro atoms. The van der Waals surface area contributed by atoms with Crippen LogP contribution < -0.4 is 10.1 Å². The molecule has 8 heteroatoms. The first-order valence-corrected chi connectivity index (χ1v) is 5.53. The molecular formula is C12H12F3NO4. The van der Waals surface area contributed by atoms with Crippen molar-refractivity contribution in [3.8, 4) is 5.75 Å². The van der Waals surface area contributed by atoms with E-state index in [9.17, 15) is 22.8 Å². The number of rotatable bonds is 4. The summed E-state index contributed by atoms with van der Waals surface area (Å²) < 4.78 is 46.0. The van der Waals surface area contributed by atoms with Crippen molar-refractivity contribution in [1.29, 1.82) is 0 Å². The number of methoxy groups -OCH3 is 1. The lowest BCUT2D eigenvalue weighted by Crippen LogP contribution is -2.30. The maximum absolute atomic E-state index is 12.1. The van der Waals surface area contributed by atoms with E-state index < -0.39 is 18.1 Å². The van der Waals surface area contributed by atoms with Crippen molar-refractivity contribution < 1.29 is 32.2 Å². The van der Waals surface area contributed by atoms with Gasteiger partial charge < -0.3 is 14.8 Å². The van der Waals surface area contributed by atoms with Crippen LogP contribution in [0.1, 0.15) is 17.3 Å². The van der Waals surface area contributed by atoms with E-state index in [4.69, 9.17) is 9.47 Å². The van der Waals surface area contributed by atoms with E-state index in [-0.39, 0.29) is 23.6 Å². The molecule has 0 aliphatic heterocycles. The summed E-state index contributed by atoms with van der Waals surface area (Å²) in [6.07, 6.45) is -5.01. The Bertz CT molecular complexity index is 514. The van der Waals surface area contributed by atoms with E-state index in [1.54, 1.807) is 12.2 Å². The van der Waals surface area contributed by atoms with Gasteiger partial charge in [-0.25, -0.2) is 4.79 Å². The summed E-state index contributed by atoms with van der Waals surface area (Å²) in [5.74, 6) is -2.75. The van der Waals surface area contributed by atoms with E-state index >= 15 is 0 Å². The molecule has 0 radical (unpaired) electrons. The van der Waals surface area contributed by atoms with Gasteiger partial charge >= 0.3 is 18.1 Å². The molecule has 1 N–H and O–H groups in total. The molecule has 1 aromatic rings. The lowest BCUT2D eigenvalue weighted by atomic mass is 10.1. The number of esters is 1. The molecule has 0 atom stereocenters. The van der Waals surface area contributed by atoms with Crippen LogP contribution in [0.3, 0.4) is 0 Å². The van der Waals surface area contributed by atoms with E-state index in [0.717, 1.165) is 6.07 Å². The second-order valence-corrected chi connectivity index (χ2v) is 3.59. The third kappa shape index (κ3) is 3.87. The number of anilines is 1. The van der Waals surface area contributed by atoms with Crippen LogP contribution in [0.2, 0.25) is 0 Å². The number of nitrogens with one attached hydrogen (secondary N) is 1. The van der Waals surface area contributed by atoms with Crippen molar-refractivity contribution in [1.82, 2.24) is 0 Å². The van der Waals surface area contributed by atoms with Crippen LogP contribution in [0.5, 0.6) is 5.75 Å². The fourth-order valence-electron chi connectivity index (χ4n) is 1.36.